The van der Waals surface area contributed by atoms with Gasteiger partial charge in [0.05, 0.1) is 31.5 Å². The zero-order valence-electron chi connectivity index (χ0n) is 21.5. The predicted molar refractivity (Wildman–Crippen MR) is 134 cm³/mol. The Hall–Kier alpha value is -4.73. The van der Waals surface area contributed by atoms with Crippen molar-refractivity contribution >= 4 is 17.5 Å². The average molecular weight is 591 g/mol. The van der Waals surface area contributed by atoms with Crippen LogP contribution < -0.4 is 10.6 Å². The summed E-state index contributed by atoms with van der Waals surface area (Å²) < 4.78 is 76.4. The Kier molecular flexibility index (Phi) is 7.73. The molecule has 0 radical (unpaired) electrons. The molecule has 5 rings (SSSR count). The maximum absolute atomic E-state index is 14.6. The number of ketones is 1. The van der Waals surface area contributed by atoms with Gasteiger partial charge in [0.25, 0.3) is 11.5 Å². The Morgan fingerprint density at radius 1 is 1.10 bits per heavy atom. The lowest BCUT2D eigenvalue weighted by Gasteiger charge is -2.29. The van der Waals surface area contributed by atoms with Crippen molar-refractivity contribution in [2.45, 2.75) is 31.2 Å². The number of anilines is 1. The lowest BCUT2D eigenvalue weighted by molar-refractivity contribution is -0.246. The Morgan fingerprint density at radius 2 is 1.86 bits per heavy atom. The first-order valence-corrected chi connectivity index (χ1v) is 12.5. The van der Waals surface area contributed by atoms with Gasteiger partial charge in [-0.2, -0.15) is 18.3 Å². The van der Waals surface area contributed by atoms with Crippen molar-refractivity contribution < 1.29 is 41.2 Å². The number of hydrogen-bond donors (Lipinski definition) is 3. The maximum Gasteiger partial charge on any atom is 0.428 e. The minimum Gasteiger partial charge on any atom is -0.371 e. The molecular weight excluding hydrogens is 569 g/mol. The molecule has 16 heteroatoms. The molecule has 1 amide bonds. The normalized spacial score (nSPS) is 14.8. The number of nitrogens with zero attached hydrogens (tertiary/aromatic N) is 5. The third kappa shape index (κ3) is 5.97. The molecule has 4 aromatic rings. The van der Waals surface area contributed by atoms with Gasteiger partial charge < -0.3 is 20.3 Å². The third-order valence-electron chi connectivity index (χ3n) is 6.54. The molecule has 1 aromatic carbocycles. The van der Waals surface area contributed by atoms with Crippen LogP contribution in [0, 0.1) is 17.6 Å². The van der Waals surface area contributed by atoms with Gasteiger partial charge in [-0.1, -0.05) is 23.4 Å². The first kappa shape index (κ1) is 28.8. The van der Waals surface area contributed by atoms with Gasteiger partial charge in [0.2, 0.25) is 0 Å². The van der Waals surface area contributed by atoms with Gasteiger partial charge in [-0.15, -0.1) is 0 Å². The number of aliphatic hydroxyl groups is 1. The first-order chi connectivity index (χ1) is 20.0. The van der Waals surface area contributed by atoms with Crippen LogP contribution in [0.4, 0.5) is 27.8 Å². The second-order valence-electron chi connectivity index (χ2n) is 9.57. The number of carbonyl (C=O) groups excluding carboxylic acids is 2. The molecule has 3 N–H and O–H groups in total. The molecular formula is C26H22F5N7O4. The summed E-state index contributed by atoms with van der Waals surface area (Å²) in [6.07, 6.45) is -2.37. The number of hydrogen-bond acceptors (Lipinski definition) is 9. The third-order valence-corrected chi connectivity index (χ3v) is 6.54. The van der Waals surface area contributed by atoms with E-state index in [1.165, 1.54) is 35.2 Å². The minimum absolute atomic E-state index is 0.0230. The van der Waals surface area contributed by atoms with Crippen molar-refractivity contribution in [3.63, 3.8) is 0 Å². The van der Waals surface area contributed by atoms with Crippen LogP contribution >= 0.6 is 0 Å². The van der Waals surface area contributed by atoms with Gasteiger partial charge in [-0.3, -0.25) is 14.3 Å². The number of nitrogens with one attached hydrogen (secondary N) is 2. The molecule has 11 nitrogen and oxygen atoms in total. The summed E-state index contributed by atoms with van der Waals surface area (Å²) in [4.78, 5) is 31.9. The van der Waals surface area contributed by atoms with E-state index in [1.54, 1.807) is 12.1 Å². The summed E-state index contributed by atoms with van der Waals surface area (Å²) in [5.74, 6) is -5.35. The second-order valence-corrected chi connectivity index (χ2v) is 9.57. The van der Waals surface area contributed by atoms with Crippen LogP contribution in [0.15, 0.2) is 53.4 Å². The molecule has 0 aliphatic heterocycles. The van der Waals surface area contributed by atoms with Gasteiger partial charge in [-0.25, -0.2) is 18.7 Å². The Morgan fingerprint density at radius 3 is 2.52 bits per heavy atom. The average Bonchev–Trinajstić information content (AvgIpc) is 3.50. The summed E-state index contributed by atoms with van der Waals surface area (Å²) in [5.41, 5.74) is -3.06. The molecule has 220 valence electrons. The maximum atomic E-state index is 14.6. The number of amides is 1. The van der Waals surface area contributed by atoms with Crippen LogP contribution in [0.5, 0.6) is 0 Å². The summed E-state index contributed by atoms with van der Waals surface area (Å²) >= 11 is 0. The van der Waals surface area contributed by atoms with Gasteiger partial charge in [0, 0.05) is 17.5 Å². The number of alkyl halides is 3. The number of rotatable bonds is 11. The lowest BCUT2D eigenvalue weighted by atomic mass is 10.0. The highest BCUT2D eigenvalue weighted by Gasteiger charge is 2.59. The van der Waals surface area contributed by atoms with E-state index in [0.29, 0.717) is 30.4 Å². The molecule has 0 spiro atoms. The van der Waals surface area contributed by atoms with E-state index in [9.17, 15) is 36.6 Å². The number of benzene rings is 1. The monoisotopic (exact) mass is 591 g/mol. The largest absolute Gasteiger partial charge is 0.428 e. The van der Waals surface area contributed by atoms with Crippen LogP contribution in [-0.4, -0.2) is 66.6 Å². The van der Waals surface area contributed by atoms with Crippen LogP contribution in [0.25, 0.3) is 22.9 Å². The highest BCUT2D eigenvalue weighted by atomic mass is 19.4. The summed E-state index contributed by atoms with van der Waals surface area (Å²) in [6.45, 7) is -2.27. The van der Waals surface area contributed by atoms with Crippen molar-refractivity contribution in [1.29, 1.82) is 0 Å². The van der Waals surface area contributed by atoms with Gasteiger partial charge in [0.1, 0.15) is 23.5 Å². The standard InChI is InChI=1S/C26H22F5N7O4/c27-16-4-2-1-3-15(16)12-38-20(18-7-8-42-37-18)9-19(36-38)23-32-10-17(28)22(35-23)34-13-25(41,26(29,30)31)24(40)33-11-21(39)14-5-6-14/h1-4,7-10,14,41H,5-6,11-13H2,(H,33,40)(H,32,34,35). The number of carbonyl (C=O) groups is 2. The van der Waals surface area contributed by atoms with Crippen LogP contribution in [0.2, 0.25) is 0 Å². The van der Waals surface area contributed by atoms with E-state index in [0.717, 1.165) is 0 Å². The van der Waals surface area contributed by atoms with Crippen molar-refractivity contribution in [3.05, 3.63) is 66.1 Å². The van der Waals surface area contributed by atoms with Crippen molar-refractivity contribution in [2.75, 3.05) is 18.4 Å². The molecule has 0 saturated heterocycles. The number of halogens is 5. The Balaban J connectivity index is 1.40. The zero-order chi connectivity index (χ0) is 30.1. The molecule has 1 unspecified atom stereocenters. The molecule has 1 fully saturated rings. The topological polar surface area (TPSA) is 148 Å². The number of Topliss-reactive ketones (excluding diaryl/α,β-unsaturated/α-hetero) is 1. The molecule has 3 aromatic heterocycles. The quantitative estimate of drug-likeness (QED) is 0.224. The first-order valence-electron chi connectivity index (χ1n) is 12.5. The zero-order valence-corrected chi connectivity index (χ0v) is 21.5. The fourth-order valence-electron chi connectivity index (χ4n) is 3.98. The SMILES string of the molecule is O=C(CNC(=O)C(O)(CNc1nc(-c2cc(-c3ccon3)n(Cc3ccccc3F)n2)ncc1F)C(F)(F)F)C1CC1. The van der Waals surface area contributed by atoms with E-state index in [1.807, 2.05) is 10.6 Å². The van der Waals surface area contributed by atoms with Crippen molar-refractivity contribution in [3.8, 4) is 22.9 Å². The second kappa shape index (κ2) is 11.3. The number of aromatic nitrogens is 5. The summed E-state index contributed by atoms with van der Waals surface area (Å²) in [5, 5.41) is 22.3. The van der Waals surface area contributed by atoms with Gasteiger partial charge in [0.15, 0.2) is 23.2 Å². The fourth-order valence-corrected chi connectivity index (χ4v) is 3.98. The van der Waals surface area contributed by atoms with Crippen LogP contribution in [0.1, 0.15) is 18.4 Å². The summed E-state index contributed by atoms with van der Waals surface area (Å²) in [6, 6.07) is 8.91. The summed E-state index contributed by atoms with van der Waals surface area (Å²) in [7, 11) is 0. The fraction of sp³-hybridized carbons (Fsp3) is 0.308. The molecule has 0 bridgehead atoms. The minimum atomic E-state index is -5.49. The van der Waals surface area contributed by atoms with Gasteiger partial charge >= 0.3 is 6.18 Å². The van der Waals surface area contributed by atoms with Crippen molar-refractivity contribution in [1.82, 2.24) is 30.2 Å². The van der Waals surface area contributed by atoms with E-state index < -0.39 is 54.0 Å². The van der Waals surface area contributed by atoms with E-state index in [-0.39, 0.29) is 29.5 Å². The smallest absolute Gasteiger partial charge is 0.371 e. The van der Waals surface area contributed by atoms with E-state index in [2.05, 4.69) is 20.2 Å². The highest BCUT2D eigenvalue weighted by Crippen LogP contribution is 2.33. The Labute approximate surface area is 233 Å². The van der Waals surface area contributed by atoms with Gasteiger partial charge in [-0.05, 0) is 25.0 Å². The molecule has 1 aliphatic carbocycles. The molecule has 1 saturated carbocycles. The lowest BCUT2D eigenvalue weighted by Crippen LogP contribution is -2.61. The van der Waals surface area contributed by atoms with Crippen LogP contribution in [0.3, 0.4) is 0 Å². The molecule has 3 heterocycles. The molecule has 1 atom stereocenters. The Bertz CT molecular complexity index is 1600. The molecule has 1 aliphatic rings. The van der Waals surface area contributed by atoms with E-state index in [4.69, 9.17) is 4.52 Å². The highest BCUT2D eigenvalue weighted by molar-refractivity contribution is 5.92. The predicted octanol–water partition coefficient (Wildman–Crippen LogP) is 3.12. The molecule has 42 heavy (non-hydrogen) atoms. The van der Waals surface area contributed by atoms with E-state index >= 15 is 0 Å². The van der Waals surface area contributed by atoms with Crippen LogP contribution in [-0.2, 0) is 16.1 Å². The van der Waals surface area contributed by atoms with Crippen molar-refractivity contribution in [2.24, 2.45) is 5.92 Å².